The molecule has 1 atom stereocenters. The van der Waals surface area contributed by atoms with Crippen molar-refractivity contribution in [1.29, 1.82) is 0 Å². The van der Waals surface area contributed by atoms with Crippen LogP contribution in [0.25, 0.3) is 11.5 Å². The van der Waals surface area contributed by atoms with Crippen LogP contribution in [0.1, 0.15) is 19.0 Å². The van der Waals surface area contributed by atoms with Crippen molar-refractivity contribution in [2.45, 2.75) is 19.8 Å². The van der Waals surface area contributed by atoms with Gasteiger partial charge in [0.15, 0.2) is 0 Å². The molecule has 2 aromatic rings. The summed E-state index contributed by atoms with van der Waals surface area (Å²) in [5.74, 6) is -0.249. The van der Waals surface area contributed by atoms with E-state index in [-0.39, 0.29) is 30.0 Å². The molecule has 132 valence electrons. The van der Waals surface area contributed by atoms with Crippen molar-refractivity contribution in [1.82, 2.24) is 15.2 Å². The van der Waals surface area contributed by atoms with Gasteiger partial charge in [-0.05, 0) is 31.2 Å². The van der Waals surface area contributed by atoms with Gasteiger partial charge in [-0.1, -0.05) is 0 Å². The van der Waals surface area contributed by atoms with E-state index in [1.54, 1.807) is 17.0 Å². The highest BCUT2D eigenvalue weighted by Gasteiger charge is 2.33. The van der Waals surface area contributed by atoms with Crippen LogP contribution in [0.3, 0.4) is 0 Å². The van der Waals surface area contributed by atoms with E-state index in [1.165, 1.54) is 18.4 Å². The number of benzene rings is 1. The Morgan fingerprint density at radius 3 is 2.84 bits per heavy atom. The molecule has 1 aromatic carbocycles. The topological polar surface area (TPSA) is 75.4 Å². The van der Waals surface area contributed by atoms with Crippen molar-refractivity contribution >= 4 is 11.8 Å². The van der Waals surface area contributed by atoms with E-state index in [4.69, 9.17) is 4.42 Å². The lowest BCUT2D eigenvalue weighted by atomic mass is 10.1. The van der Waals surface area contributed by atoms with Crippen LogP contribution in [0, 0.1) is 11.7 Å². The van der Waals surface area contributed by atoms with E-state index in [2.05, 4.69) is 10.3 Å². The lowest BCUT2D eigenvalue weighted by molar-refractivity contribution is -0.128. The number of oxazole rings is 1. The maximum absolute atomic E-state index is 12.9. The van der Waals surface area contributed by atoms with Crippen LogP contribution in [0.5, 0.6) is 0 Å². The molecule has 1 aliphatic heterocycles. The van der Waals surface area contributed by atoms with Gasteiger partial charge in [-0.3, -0.25) is 9.59 Å². The van der Waals surface area contributed by atoms with Gasteiger partial charge < -0.3 is 14.6 Å². The Morgan fingerprint density at radius 1 is 1.40 bits per heavy atom. The molecule has 0 bridgehead atoms. The molecular formula is C18H20FN3O3. The molecule has 3 rings (SSSR count). The maximum Gasteiger partial charge on any atom is 0.226 e. The second-order valence-electron chi connectivity index (χ2n) is 6.03. The van der Waals surface area contributed by atoms with Gasteiger partial charge in [0, 0.05) is 38.0 Å². The second kappa shape index (κ2) is 7.46. The van der Waals surface area contributed by atoms with E-state index in [9.17, 15) is 14.0 Å². The van der Waals surface area contributed by atoms with Crippen LogP contribution in [-0.4, -0.2) is 41.3 Å². The van der Waals surface area contributed by atoms with Crippen LogP contribution in [0.4, 0.5) is 4.39 Å². The van der Waals surface area contributed by atoms with Gasteiger partial charge in [0.25, 0.3) is 0 Å². The highest BCUT2D eigenvalue weighted by molar-refractivity contribution is 5.89. The van der Waals surface area contributed by atoms with Gasteiger partial charge in [0.2, 0.25) is 17.7 Å². The van der Waals surface area contributed by atoms with Gasteiger partial charge >= 0.3 is 0 Å². The molecule has 7 heteroatoms. The van der Waals surface area contributed by atoms with Gasteiger partial charge in [0.1, 0.15) is 12.1 Å². The smallest absolute Gasteiger partial charge is 0.226 e. The highest BCUT2D eigenvalue weighted by Crippen LogP contribution is 2.19. The molecule has 0 radical (unpaired) electrons. The van der Waals surface area contributed by atoms with E-state index < -0.39 is 0 Å². The lowest BCUT2D eigenvalue weighted by Crippen LogP contribution is -2.34. The summed E-state index contributed by atoms with van der Waals surface area (Å²) >= 11 is 0. The van der Waals surface area contributed by atoms with Crippen LogP contribution in [-0.2, 0) is 16.0 Å². The number of halogens is 1. The third kappa shape index (κ3) is 4.04. The Bertz CT molecular complexity index is 757. The summed E-state index contributed by atoms with van der Waals surface area (Å²) < 4.78 is 18.3. The molecule has 1 saturated heterocycles. The zero-order chi connectivity index (χ0) is 17.8. The van der Waals surface area contributed by atoms with Gasteiger partial charge in [0.05, 0.1) is 11.6 Å². The fourth-order valence-corrected chi connectivity index (χ4v) is 2.86. The average Bonchev–Trinajstić information content (AvgIpc) is 3.22. The number of nitrogens with zero attached hydrogens (tertiary/aromatic N) is 2. The number of nitrogens with one attached hydrogen (secondary N) is 1. The third-order valence-electron chi connectivity index (χ3n) is 4.29. The molecule has 0 unspecified atom stereocenters. The molecule has 2 amide bonds. The van der Waals surface area contributed by atoms with Crippen LogP contribution in [0.15, 0.2) is 34.9 Å². The van der Waals surface area contributed by atoms with Crippen molar-refractivity contribution in [3.05, 3.63) is 42.0 Å². The molecule has 0 saturated carbocycles. The number of rotatable bonds is 6. The fourth-order valence-electron chi connectivity index (χ4n) is 2.86. The molecule has 1 aromatic heterocycles. The molecule has 2 heterocycles. The average molecular weight is 345 g/mol. The summed E-state index contributed by atoms with van der Waals surface area (Å²) in [4.78, 5) is 29.8. The zero-order valence-corrected chi connectivity index (χ0v) is 14.0. The fraction of sp³-hybridized carbons (Fsp3) is 0.389. The number of carbonyl (C=O) groups is 2. The summed E-state index contributed by atoms with van der Waals surface area (Å²) in [6.07, 6.45) is 2.33. The Hall–Kier alpha value is -2.70. The first-order valence-corrected chi connectivity index (χ1v) is 8.32. The minimum atomic E-state index is -0.315. The molecular weight excluding hydrogens is 325 g/mol. The first-order valence-electron chi connectivity index (χ1n) is 8.32. The number of amides is 2. The van der Waals surface area contributed by atoms with E-state index in [1.807, 2.05) is 6.92 Å². The molecule has 0 spiro atoms. The Labute approximate surface area is 145 Å². The number of hydrogen-bond donors (Lipinski definition) is 1. The first kappa shape index (κ1) is 17.1. The standard InChI is InChI=1S/C18H20FN3O3/c1-2-22-10-13(9-16(22)23)17(24)20-8-7-15-11-25-18(21-15)12-3-5-14(19)6-4-12/h3-6,11,13H,2,7-10H2,1H3,(H,20,24)/t13-/m0/s1. The minimum absolute atomic E-state index is 0.0306. The lowest BCUT2D eigenvalue weighted by Gasteiger charge is -2.13. The SMILES string of the molecule is CCN1C[C@@H](C(=O)NCCc2coc(-c3ccc(F)cc3)n2)CC1=O. The first-order chi connectivity index (χ1) is 12.1. The van der Waals surface area contributed by atoms with Gasteiger partial charge in [-0.2, -0.15) is 0 Å². The van der Waals surface area contributed by atoms with Crippen molar-refractivity contribution in [3.63, 3.8) is 0 Å². The van der Waals surface area contributed by atoms with Crippen LogP contribution in [0.2, 0.25) is 0 Å². The maximum atomic E-state index is 12.9. The summed E-state index contributed by atoms with van der Waals surface area (Å²) in [5, 5.41) is 2.85. The Balaban J connectivity index is 1.49. The number of aromatic nitrogens is 1. The zero-order valence-electron chi connectivity index (χ0n) is 14.0. The predicted molar refractivity (Wildman–Crippen MR) is 89.0 cm³/mol. The molecule has 6 nitrogen and oxygen atoms in total. The number of hydrogen-bond acceptors (Lipinski definition) is 4. The van der Waals surface area contributed by atoms with Crippen molar-refractivity contribution < 1.29 is 18.4 Å². The molecule has 1 aliphatic rings. The molecule has 1 fully saturated rings. The Morgan fingerprint density at radius 2 is 2.16 bits per heavy atom. The summed E-state index contributed by atoms with van der Waals surface area (Å²) in [5.41, 5.74) is 1.40. The molecule has 1 N–H and O–H groups in total. The minimum Gasteiger partial charge on any atom is -0.444 e. The largest absolute Gasteiger partial charge is 0.444 e. The van der Waals surface area contributed by atoms with E-state index >= 15 is 0 Å². The quantitative estimate of drug-likeness (QED) is 0.869. The normalized spacial score (nSPS) is 17.1. The Kier molecular flexibility index (Phi) is 5.11. The second-order valence-corrected chi connectivity index (χ2v) is 6.03. The van der Waals surface area contributed by atoms with Crippen LogP contribution < -0.4 is 5.32 Å². The number of carbonyl (C=O) groups excluding carboxylic acids is 2. The van der Waals surface area contributed by atoms with Crippen molar-refractivity contribution in [2.75, 3.05) is 19.6 Å². The van der Waals surface area contributed by atoms with Gasteiger partial charge in [-0.15, -0.1) is 0 Å². The molecule has 0 aliphatic carbocycles. The third-order valence-corrected chi connectivity index (χ3v) is 4.29. The number of likely N-dealkylation sites (tertiary alicyclic amines) is 1. The predicted octanol–water partition coefficient (Wildman–Crippen LogP) is 2.01. The van der Waals surface area contributed by atoms with Crippen LogP contribution >= 0.6 is 0 Å². The van der Waals surface area contributed by atoms with E-state index in [0.29, 0.717) is 43.2 Å². The van der Waals surface area contributed by atoms with E-state index in [0.717, 1.165) is 0 Å². The monoisotopic (exact) mass is 345 g/mol. The molecule has 25 heavy (non-hydrogen) atoms. The summed E-state index contributed by atoms with van der Waals surface area (Å²) in [6, 6.07) is 5.90. The van der Waals surface area contributed by atoms with Crippen molar-refractivity contribution in [2.24, 2.45) is 5.92 Å². The van der Waals surface area contributed by atoms with Gasteiger partial charge in [-0.25, -0.2) is 9.37 Å². The summed E-state index contributed by atoms with van der Waals surface area (Å²) in [7, 11) is 0. The van der Waals surface area contributed by atoms with Crippen molar-refractivity contribution in [3.8, 4) is 11.5 Å². The summed E-state index contributed by atoms with van der Waals surface area (Å²) in [6.45, 7) is 3.44. The highest BCUT2D eigenvalue weighted by atomic mass is 19.1.